The van der Waals surface area contributed by atoms with Crippen LogP contribution in [0.1, 0.15) is 50.1 Å². The number of oxazole rings is 1. The van der Waals surface area contributed by atoms with Crippen molar-refractivity contribution in [3.05, 3.63) is 47.2 Å². The summed E-state index contributed by atoms with van der Waals surface area (Å²) in [6, 6.07) is 7.66. The van der Waals surface area contributed by atoms with Crippen LogP contribution in [-0.2, 0) is 23.2 Å². The first kappa shape index (κ1) is 18.0. The Hall–Kier alpha value is -2.30. The lowest BCUT2D eigenvalue weighted by molar-refractivity contribution is -0.121. The molecule has 1 amide bonds. The SMILES string of the molecule is COc1ccccc1CNC(=O)CCc1oc(C(C)(C)C)nc1C. The monoisotopic (exact) mass is 330 g/mol. The number of benzene rings is 1. The fourth-order valence-corrected chi connectivity index (χ4v) is 2.34. The number of hydrogen-bond acceptors (Lipinski definition) is 4. The molecule has 1 heterocycles. The minimum absolute atomic E-state index is 0.0194. The lowest BCUT2D eigenvalue weighted by atomic mass is 9.97. The maximum absolute atomic E-state index is 12.1. The second kappa shape index (κ2) is 7.51. The van der Waals surface area contributed by atoms with Gasteiger partial charge in [-0.3, -0.25) is 4.79 Å². The number of rotatable bonds is 6. The molecule has 0 fully saturated rings. The fraction of sp³-hybridized carbons (Fsp3) is 0.474. The normalized spacial score (nSPS) is 11.4. The van der Waals surface area contributed by atoms with Crippen LogP contribution in [0, 0.1) is 6.92 Å². The Bertz CT molecular complexity index is 699. The summed E-state index contributed by atoms with van der Waals surface area (Å²) in [7, 11) is 1.63. The van der Waals surface area contributed by atoms with Crippen molar-refractivity contribution in [1.29, 1.82) is 0 Å². The minimum atomic E-state index is -0.130. The van der Waals surface area contributed by atoms with E-state index >= 15 is 0 Å². The van der Waals surface area contributed by atoms with E-state index in [1.54, 1.807) is 7.11 Å². The van der Waals surface area contributed by atoms with Gasteiger partial charge in [0.2, 0.25) is 5.91 Å². The number of hydrogen-bond donors (Lipinski definition) is 1. The predicted molar refractivity (Wildman–Crippen MR) is 93.1 cm³/mol. The number of carbonyl (C=O) groups excluding carboxylic acids is 1. The maximum atomic E-state index is 12.1. The van der Waals surface area contributed by atoms with Crippen LogP contribution in [0.15, 0.2) is 28.7 Å². The van der Waals surface area contributed by atoms with Gasteiger partial charge in [0.05, 0.1) is 12.8 Å². The molecule has 2 rings (SSSR count). The Morgan fingerprint density at radius 3 is 2.62 bits per heavy atom. The fourth-order valence-electron chi connectivity index (χ4n) is 2.34. The van der Waals surface area contributed by atoms with Gasteiger partial charge in [-0.05, 0) is 13.0 Å². The molecule has 0 saturated carbocycles. The predicted octanol–water partition coefficient (Wildman–Crippen LogP) is 3.54. The number of ether oxygens (including phenoxy) is 1. The molecule has 0 bridgehead atoms. The van der Waals surface area contributed by atoms with E-state index in [0.717, 1.165) is 22.8 Å². The molecule has 0 aliphatic heterocycles. The molecule has 0 atom stereocenters. The smallest absolute Gasteiger partial charge is 0.220 e. The average Bonchev–Trinajstić information content (AvgIpc) is 2.92. The van der Waals surface area contributed by atoms with E-state index in [1.165, 1.54) is 0 Å². The van der Waals surface area contributed by atoms with Gasteiger partial charge in [0.25, 0.3) is 0 Å². The quantitative estimate of drug-likeness (QED) is 0.880. The first-order valence-electron chi connectivity index (χ1n) is 8.16. The van der Waals surface area contributed by atoms with Crippen LogP contribution >= 0.6 is 0 Å². The average molecular weight is 330 g/mol. The molecule has 0 spiro atoms. The van der Waals surface area contributed by atoms with E-state index in [1.807, 2.05) is 31.2 Å². The Morgan fingerprint density at radius 1 is 1.29 bits per heavy atom. The zero-order chi connectivity index (χ0) is 17.7. The van der Waals surface area contributed by atoms with E-state index in [9.17, 15) is 4.79 Å². The van der Waals surface area contributed by atoms with Gasteiger partial charge in [0.1, 0.15) is 11.5 Å². The standard InChI is InChI=1S/C19H26N2O3/c1-13-15(24-18(21-13)19(2,3)4)10-11-17(22)20-12-14-8-6-7-9-16(14)23-5/h6-9H,10-12H2,1-5H3,(H,20,22). The third kappa shape index (κ3) is 4.60. The molecule has 1 aromatic heterocycles. The zero-order valence-corrected chi connectivity index (χ0v) is 15.1. The molecule has 0 saturated heterocycles. The van der Waals surface area contributed by atoms with Crippen LogP contribution in [0.25, 0.3) is 0 Å². The van der Waals surface area contributed by atoms with Crippen molar-refractivity contribution in [1.82, 2.24) is 10.3 Å². The van der Waals surface area contributed by atoms with E-state index in [-0.39, 0.29) is 11.3 Å². The van der Waals surface area contributed by atoms with Crippen LogP contribution in [-0.4, -0.2) is 18.0 Å². The van der Waals surface area contributed by atoms with E-state index < -0.39 is 0 Å². The molecule has 0 radical (unpaired) electrons. The highest BCUT2D eigenvalue weighted by atomic mass is 16.5. The van der Waals surface area contributed by atoms with E-state index in [4.69, 9.17) is 9.15 Å². The van der Waals surface area contributed by atoms with Crippen molar-refractivity contribution < 1.29 is 13.9 Å². The highest BCUT2D eigenvalue weighted by molar-refractivity contribution is 5.76. The second-order valence-corrected chi connectivity index (χ2v) is 6.87. The highest BCUT2D eigenvalue weighted by Crippen LogP contribution is 2.24. The van der Waals surface area contributed by atoms with Crippen molar-refractivity contribution in [3.63, 3.8) is 0 Å². The molecule has 5 nitrogen and oxygen atoms in total. The molecule has 1 aromatic carbocycles. The molecular formula is C19H26N2O3. The lowest BCUT2D eigenvalue weighted by Gasteiger charge is -2.12. The first-order chi connectivity index (χ1) is 11.3. The minimum Gasteiger partial charge on any atom is -0.496 e. The van der Waals surface area contributed by atoms with Crippen molar-refractivity contribution >= 4 is 5.91 Å². The van der Waals surface area contributed by atoms with Gasteiger partial charge >= 0.3 is 0 Å². The number of carbonyl (C=O) groups is 1. The topological polar surface area (TPSA) is 64.4 Å². The lowest BCUT2D eigenvalue weighted by Crippen LogP contribution is -2.23. The zero-order valence-electron chi connectivity index (χ0n) is 15.1. The Balaban J connectivity index is 1.89. The maximum Gasteiger partial charge on any atom is 0.220 e. The Kier molecular flexibility index (Phi) is 5.65. The number of amides is 1. The summed E-state index contributed by atoms with van der Waals surface area (Å²) < 4.78 is 11.1. The number of para-hydroxylation sites is 1. The number of aromatic nitrogens is 1. The number of aryl methyl sites for hydroxylation is 2. The molecule has 0 aliphatic rings. The molecule has 0 unspecified atom stereocenters. The molecule has 0 aliphatic carbocycles. The Morgan fingerprint density at radius 2 is 2.00 bits per heavy atom. The molecule has 130 valence electrons. The van der Waals surface area contributed by atoms with Gasteiger partial charge in [-0.2, -0.15) is 0 Å². The van der Waals surface area contributed by atoms with Gasteiger partial charge in [-0.1, -0.05) is 39.0 Å². The van der Waals surface area contributed by atoms with Crippen LogP contribution in [0.2, 0.25) is 0 Å². The summed E-state index contributed by atoms with van der Waals surface area (Å²) in [6.07, 6.45) is 0.918. The summed E-state index contributed by atoms with van der Waals surface area (Å²) in [6.45, 7) is 8.54. The van der Waals surface area contributed by atoms with Crippen LogP contribution in [0.4, 0.5) is 0 Å². The van der Waals surface area contributed by atoms with E-state index in [0.29, 0.717) is 25.3 Å². The Labute approximate surface area is 143 Å². The number of nitrogens with zero attached hydrogens (tertiary/aromatic N) is 1. The van der Waals surface area contributed by atoms with Crippen LogP contribution in [0.5, 0.6) is 5.75 Å². The van der Waals surface area contributed by atoms with Crippen LogP contribution < -0.4 is 10.1 Å². The van der Waals surface area contributed by atoms with Gasteiger partial charge in [0, 0.05) is 30.4 Å². The van der Waals surface area contributed by atoms with Crippen LogP contribution in [0.3, 0.4) is 0 Å². The van der Waals surface area contributed by atoms with Gasteiger partial charge in [0.15, 0.2) is 5.89 Å². The van der Waals surface area contributed by atoms with E-state index in [2.05, 4.69) is 31.1 Å². The summed E-state index contributed by atoms with van der Waals surface area (Å²) in [5.74, 6) is 2.25. The van der Waals surface area contributed by atoms with Crippen molar-refractivity contribution in [2.24, 2.45) is 0 Å². The molecule has 1 N–H and O–H groups in total. The van der Waals surface area contributed by atoms with Crippen molar-refractivity contribution in [2.45, 2.75) is 52.5 Å². The first-order valence-corrected chi connectivity index (χ1v) is 8.16. The third-order valence-corrected chi connectivity index (χ3v) is 3.78. The molecular weight excluding hydrogens is 304 g/mol. The molecule has 24 heavy (non-hydrogen) atoms. The summed E-state index contributed by atoms with van der Waals surface area (Å²) in [5, 5.41) is 2.92. The largest absolute Gasteiger partial charge is 0.496 e. The number of methoxy groups -OCH3 is 1. The van der Waals surface area contributed by atoms with Gasteiger partial charge < -0.3 is 14.5 Å². The summed E-state index contributed by atoms with van der Waals surface area (Å²) in [4.78, 5) is 16.6. The van der Waals surface area contributed by atoms with Crippen molar-refractivity contribution in [3.8, 4) is 5.75 Å². The molecule has 2 aromatic rings. The highest BCUT2D eigenvalue weighted by Gasteiger charge is 2.22. The summed E-state index contributed by atoms with van der Waals surface area (Å²) >= 11 is 0. The second-order valence-electron chi connectivity index (χ2n) is 6.87. The molecule has 5 heteroatoms. The van der Waals surface area contributed by atoms with Crippen molar-refractivity contribution in [2.75, 3.05) is 7.11 Å². The third-order valence-electron chi connectivity index (χ3n) is 3.78. The van der Waals surface area contributed by atoms with Gasteiger partial charge in [-0.15, -0.1) is 0 Å². The van der Waals surface area contributed by atoms with Gasteiger partial charge in [-0.25, -0.2) is 4.98 Å². The summed E-state index contributed by atoms with van der Waals surface area (Å²) in [5.41, 5.74) is 1.69. The number of nitrogens with one attached hydrogen (secondary N) is 1.